The summed E-state index contributed by atoms with van der Waals surface area (Å²) in [6, 6.07) is 1.92. The summed E-state index contributed by atoms with van der Waals surface area (Å²) in [6.45, 7) is 5.49. The molecule has 0 radical (unpaired) electrons. The van der Waals surface area contributed by atoms with Gasteiger partial charge in [-0.2, -0.15) is 5.10 Å². The molecular formula is C18H26N6O. The van der Waals surface area contributed by atoms with Crippen LogP contribution < -0.4 is 4.90 Å². The van der Waals surface area contributed by atoms with E-state index in [0.717, 1.165) is 35.6 Å². The third kappa shape index (κ3) is 3.50. The van der Waals surface area contributed by atoms with Crippen LogP contribution in [0.3, 0.4) is 0 Å². The minimum Gasteiger partial charge on any atom is -0.362 e. The molecule has 0 atom stereocenters. The Labute approximate surface area is 148 Å². The molecule has 0 unspecified atom stereocenters. The number of nitrogens with zero attached hydrogens (tertiary/aromatic N) is 6. The van der Waals surface area contributed by atoms with Crippen molar-refractivity contribution in [2.75, 3.05) is 25.5 Å². The fourth-order valence-corrected chi connectivity index (χ4v) is 3.30. The van der Waals surface area contributed by atoms with Gasteiger partial charge in [-0.15, -0.1) is 0 Å². The molecule has 1 aliphatic heterocycles. The van der Waals surface area contributed by atoms with E-state index >= 15 is 0 Å². The minimum absolute atomic E-state index is 0.0145. The Morgan fingerprint density at radius 3 is 2.76 bits per heavy atom. The monoisotopic (exact) mass is 342 g/mol. The Bertz CT molecular complexity index is 780. The summed E-state index contributed by atoms with van der Waals surface area (Å²) >= 11 is 0. The van der Waals surface area contributed by atoms with Crippen molar-refractivity contribution in [1.29, 1.82) is 0 Å². The van der Waals surface area contributed by atoms with Gasteiger partial charge in [0.2, 0.25) is 0 Å². The molecule has 1 aliphatic rings. The van der Waals surface area contributed by atoms with Crippen LogP contribution in [0.2, 0.25) is 0 Å². The van der Waals surface area contributed by atoms with Crippen molar-refractivity contribution in [3.8, 4) is 0 Å². The summed E-state index contributed by atoms with van der Waals surface area (Å²) in [5.74, 6) is 1.47. The molecule has 0 aliphatic carbocycles. The van der Waals surface area contributed by atoms with E-state index in [9.17, 15) is 4.79 Å². The Kier molecular flexibility index (Phi) is 4.74. The maximum absolute atomic E-state index is 13.0. The molecule has 7 nitrogen and oxygen atoms in total. The van der Waals surface area contributed by atoms with Crippen molar-refractivity contribution < 1.29 is 4.79 Å². The first-order valence-corrected chi connectivity index (χ1v) is 8.69. The average Bonchev–Trinajstić information content (AvgIpc) is 2.92. The van der Waals surface area contributed by atoms with Crippen molar-refractivity contribution in [1.82, 2.24) is 24.6 Å². The standard InChI is InChI=1S/C18H26N6O/c1-12(2)8-13-9-16(23(5)21-13)18(25)24-7-6-14-15(10-24)19-11-20-17(14)22(3)4/h9,11-12H,6-8,10H2,1-5H3. The molecule has 0 saturated carbocycles. The van der Waals surface area contributed by atoms with Crippen LogP contribution in [-0.2, 0) is 26.4 Å². The Hall–Kier alpha value is -2.44. The van der Waals surface area contributed by atoms with Gasteiger partial charge in [0.1, 0.15) is 17.8 Å². The average molecular weight is 342 g/mol. The molecule has 2 aromatic rings. The Morgan fingerprint density at radius 2 is 2.08 bits per heavy atom. The maximum Gasteiger partial charge on any atom is 0.272 e. The van der Waals surface area contributed by atoms with Crippen LogP contribution >= 0.6 is 0 Å². The lowest BCUT2D eigenvalue weighted by atomic mass is 10.0. The fraction of sp³-hybridized carbons (Fsp3) is 0.556. The predicted molar refractivity (Wildman–Crippen MR) is 96.6 cm³/mol. The number of hydrogen-bond donors (Lipinski definition) is 0. The third-order valence-electron chi connectivity index (χ3n) is 4.46. The van der Waals surface area contributed by atoms with Gasteiger partial charge in [0, 0.05) is 33.3 Å². The third-order valence-corrected chi connectivity index (χ3v) is 4.46. The van der Waals surface area contributed by atoms with Crippen molar-refractivity contribution in [3.05, 3.63) is 35.0 Å². The quantitative estimate of drug-likeness (QED) is 0.845. The van der Waals surface area contributed by atoms with E-state index in [0.29, 0.717) is 24.7 Å². The van der Waals surface area contributed by atoms with Gasteiger partial charge in [0.15, 0.2) is 0 Å². The van der Waals surface area contributed by atoms with Crippen LogP contribution in [0.4, 0.5) is 5.82 Å². The highest BCUT2D eigenvalue weighted by atomic mass is 16.2. The number of hydrogen-bond acceptors (Lipinski definition) is 5. The SMILES string of the molecule is CC(C)Cc1cc(C(=O)N2CCc3c(ncnc3N(C)C)C2)n(C)n1. The molecule has 3 heterocycles. The van der Waals surface area contributed by atoms with E-state index in [1.54, 1.807) is 11.0 Å². The van der Waals surface area contributed by atoms with Crippen molar-refractivity contribution in [2.45, 2.75) is 33.2 Å². The van der Waals surface area contributed by atoms with E-state index in [4.69, 9.17) is 0 Å². The van der Waals surface area contributed by atoms with E-state index in [1.807, 2.05) is 37.0 Å². The fourth-order valence-electron chi connectivity index (χ4n) is 3.30. The second-order valence-electron chi connectivity index (χ2n) is 7.24. The molecule has 25 heavy (non-hydrogen) atoms. The van der Waals surface area contributed by atoms with Gasteiger partial charge in [-0.25, -0.2) is 9.97 Å². The molecule has 0 fully saturated rings. The van der Waals surface area contributed by atoms with Crippen LogP contribution in [0.1, 0.15) is 41.3 Å². The molecule has 3 rings (SSSR count). The first-order valence-electron chi connectivity index (χ1n) is 8.69. The highest BCUT2D eigenvalue weighted by Gasteiger charge is 2.27. The van der Waals surface area contributed by atoms with Crippen molar-refractivity contribution >= 4 is 11.7 Å². The molecule has 2 aromatic heterocycles. The lowest BCUT2D eigenvalue weighted by Crippen LogP contribution is -2.38. The number of anilines is 1. The Balaban J connectivity index is 1.81. The number of amides is 1. The van der Waals surface area contributed by atoms with Gasteiger partial charge in [0.25, 0.3) is 5.91 Å². The molecule has 1 amide bonds. The topological polar surface area (TPSA) is 67.2 Å². The number of fused-ring (bicyclic) bond motifs is 1. The number of carbonyl (C=O) groups excluding carboxylic acids is 1. The largest absolute Gasteiger partial charge is 0.362 e. The van der Waals surface area contributed by atoms with Crippen molar-refractivity contribution in [3.63, 3.8) is 0 Å². The number of aryl methyl sites for hydroxylation is 1. The Morgan fingerprint density at radius 1 is 1.32 bits per heavy atom. The smallest absolute Gasteiger partial charge is 0.272 e. The summed E-state index contributed by atoms with van der Waals surface area (Å²) < 4.78 is 1.70. The molecule has 0 aromatic carbocycles. The summed E-state index contributed by atoms with van der Waals surface area (Å²) in [5.41, 5.74) is 3.68. The van der Waals surface area contributed by atoms with Crippen LogP contribution in [0, 0.1) is 5.92 Å². The predicted octanol–water partition coefficient (Wildman–Crippen LogP) is 1.67. The van der Waals surface area contributed by atoms with Gasteiger partial charge in [0.05, 0.1) is 17.9 Å². The van der Waals surface area contributed by atoms with Crippen LogP contribution in [-0.4, -0.2) is 51.2 Å². The maximum atomic E-state index is 13.0. The molecule has 7 heteroatoms. The number of carbonyl (C=O) groups is 1. The number of rotatable bonds is 4. The molecular weight excluding hydrogens is 316 g/mol. The zero-order valence-corrected chi connectivity index (χ0v) is 15.7. The first-order chi connectivity index (χ1) is 11.9. The van der Waals surface area contributed by atoms with Gasteiger partial charge in [-0.05, 0) is 24.8 Å². The molecule has 0 saturated heterocycles. The molecule has 0 bridgehead atoms. The van der Waals surface area contributed by atoms with Crippen LogP contribution in [0.15, 0.2) is 12.4 Å². The summed E-state index contributed by atoms with van der Waals surface area (Å²) in [4.78, 5) is 25.6. The zero-order valence-electron chi connectivity index (χ0n) is 15.7. The molecule has 0 spiro atoms. The van der Waals surface area contributed by atoms with E-state index in [2.05, 4.69) is 28.9 Å². The molecule has 0 N–H and O–H groups in total. The van der Waals surface area contributed by atoms with E-state index in [-0.39, 0.29) is 5.91 Å². The van der Waals surface area contributed by atoms with Crippen LogP contribution in [0.5, 0.6) is 0 Å². The molecule has 134 valence electrons. The summed E-state index contributed by atoms with van der Waals surface area (Å²) in [6.07, 6.45) is 3.22. The first kappa shape index (κ1) is 17.4. The van der Waals surface area contributed by atoms with E-state index in [1.165, 1.54) is 0 Å². The zero-order chi connectivity index (χ0) is 18.1. The highest BCUT2D eigenvalue weighted by molar-refractivity contribution is 5.92. The van der Waals surface area contributed by atoms with Gasteiger partial charge >= 0.3 is 0 Å². The number of aromatic nitrogens is 4. The normalized spacial score (nSPS) is 13.9. The van der Waals surface area contributed by atoms with E-state index < -0.39 is 0 Å². The minimum atomic E-state index is 0.0145. The highest BCUT2D eigenvalue weighted by Crippen LogP contribution is 2.25. The lowest BCUT2D eigenvalue weighted by Gasteiger charge is -2.30. The van der Waals surface area contributed by atoms with Crippen molar-refractivity contribution in [2.24, 2.45) is 13.0 Å². The second-order valence-corrected chi connectivity index (χ2v) is 7.24. The lowest BCUT2D eigenvalue weighted by molar-refractivity contribution is 0.0720. The second kappa shape index (κ2) is 6.82. The van der Waals surface area contributed by atoms with Gasteiger partial charge in [-0.3, -0.25) is 9.48 Å². The summed E-state index contributed by atoms with van der Waals surface area (Å²) in [5, 5.41) is 4.49. The summed E-state index contributed by atoms with van der Waals surface area (Å²) in [7, 11) is 5.79. The van der Waals surface area contributed by atoms with Crippen LogP contribution in [0.25, 0.3) is 0 Å². The van der Waals surface area contributed by atoms with Gasteiger partial charge < -0.3 is 9.80 Å². The van der Waals surface area contributed by atoms with Gasteiger partial charge in [-0.1, -0.05) is 13.8 Å².